The smallest absolute Gasteiger partial charge is 0.0623 e. The molecule has 0 amide bonds. The summed E-state index contributed by atoms with van der Waals surface area (Å²) in [4.78, 5) is 0. The van der Waals surface area contributed by atoms with Gasteiger partial charge in [-0.25, -0.2) is 0 Å². The summed E-state index contributed by atoms with van der Waals surface area (Å²) in [5.74, 6) is 0.167. The van der Waals surface area contributed by atoms with Crippen LogP contribution in [0.25, 0.3) is 0 Å². The van der Waals surface area contributed by atoms with Crippen LogP contribution in [0.3, 0.4) is 0 Å². The molecule has 1 aromatic rings. The number of rotatable bonds is 6. The minimum atomic E-state index is -0.130. The maximum atomic E-state index is 9.51. The summed E-state index contributed by atoms with van der Waals surface area (Å²) in [5, 5.41) is 9.51. The molecule has 0 saturated carbocycles. The van der Waals surface area contributed by atoms with Crippen LogP contribution in [0.4, 0.5) is 0 Å². The van der Waals surface area contributed by atoms with E-state index < -0.39 is 0 Å². The summed E-state index contributed by atoms with van der Waals surface area (Å²) in [6.07, 6.45) is 1.84. The predicted octanol–water partition coefficient (Wildman–Crippen LogP) is 3.73. The molecule has 17 heavy (non-hydrogen) atoms. The second-order valence-electron chi connectivity index (χ2n) is 4.90. The van der Waals surface area contributed by atoms with Gasteiger partial charge in [0.1, 0.15) is 0 Å². The fourth-order valence-electron chi connectivity index (χ4n) is 1.78. The predicted molar refractivity (Wildman–Crippen MR) is 74.3 cm³/mol. The number of hydrogen-bond acceptors (Lipinski definition) is 2. The maximum absolute atomic E-state index is 9.51. The number of aliphatic hydroxyl groups excluding tert-OH is 1. The number of hydrogen-bond donors (Lipinski definition) is 1. The van der Waals surface area contributed by atoms with Gasteiger partial charge in [0.15, 0.2) is 0 Å². The van der Waals surface area contributed by atoms with Gasteiger partial charge >= 0.3 is 0 Å². The molecule has 1 rings (SSSR count). The zero-order chi connectivity index (χ0) is 12.9. The lowest BCUT2D eigenvalue weighted by atomic mass is 9.90. The Morgan fingerprint density at radius 2 is 2.00 bits per heavy atom. The first kappa shape index (κ1) is 14.7. The van der Waals surface area contributed by atoms with Crippen molar-refractivity contribution in [3.8, 4) is 0 Å². The Bertz CT molecular complexity index is 350. The molecule has 1 N–H and O–H groups in total. The third kappa shape index (κ3) is 4.41. The monoisotopic (exact) mass is 300 g/mol. The largest absolute Gasteiger partial charge is 0.396 e. The van der Waals surface area contributed by atoms with Crippen molar-refractivity contribution >= 4 is 15.9 Å². The van der Waals surface area contributed by atoms with Crippen molar-refractivity contribution in [2.24, 2.45) is 0 Å². The number of ether oxygens (including phenoxy) is 1. The first-order chi connectivity index (χ1) is 8.00. The lowest BCUT2D eigenvalue weighted by Gasteiger charge is -2.25. The normalized spacial score (nSPS) is 13.7. The summed E-state index contributed by atoms with van der Waals surface area (Å²) >= 11 is 3.53. The van der Waals surface area contributed by atoms with Crippen LogP contribution in [0.2, 0.25) is 0 Å². The topological polar surface area (TPSA) is 29.5 Å². The quantitative estimate of drug-likeness (QED) is 0.867. The van der Waals surface area contributed by atoms with Crippen molar-refractivity contribution in [1.29, 1.82) is 0 Å². The molecule has 0 aliphatic carbocycles. The van der Waals surface area contributed by atoms with Crippen LogP contribution >= 0.6 is 15.9 Å². The summed E-state index contributed by atoms with van der Waals surface area (Å²) < 4.78 is 6.47. The summed E-state index contributed by atoms with van der Waals surface area (Å²) in [6.45, 7) is 4.31. The molecule has 0 aliphatic heterocycles. The summed E-state index contributed by atoms with van der Waals surface area (Å²) in [7, 11) is 1.73. The molecule has 0 aliphatic rings. The van der Waals surface area contributed by atoms with Crippen molar-refractivity contribution in [2.45, 2.75) is 38.2 Å². The second-order valence-corrected chi connectivity index (χ2v) is 5.76. The highest BCUT2D eigenvalue weighted by atomic mass is 79.9. The van der Waals surface area contributed by atoms with E-state index in [1.54, 1.807) is 7.11 Å². The van der Waals surface area contributed by atoms with Crippen LogP contribution in [-0.2, 0) is 4.74 Å². The highest BCUT2D eigenvalue weighted by molar-refractivity contribution is 9.10. The van der Waals surface area contributed by atoms with Crippen molar-refractivity contribution in [3.05, 3.63) is 34.3 Å². The van der Waals surface area contributed by atoms with E-state index in [9.17, 15) is 5.11 Å². The van der Waals surface area contributed by atoms with Crippen LogP contribution in [0.15, 0.2) is 28.7 Å². The third-order valence-corrected chi connectivity index (χ3v) is 3.94. The van der Waals surface area contributed by atoms with Gasteiger partial charge in [-0.2, -0.15) is 0 Å². The molecule has 3 heteroatoms. The van der Waals surface area contributed by atoms with E-state index >= 15 is 0 Å². The molecular weight excluding hydrogens is 280 g/mol. The molecule has 0 fully saturated rings. The van der Waals surface area contributed by atoms with E-state index in [0.29, 0.717) is 0 Å². The third-order valence-electron chi connectivity index (χ3n) is 3.21. The Morgan fingerprint density at radius 1 is 1.35 bits per heavy atom. The van der Waals surface area contributed by atoms with Gasteiger partial charge in [0.25, 0.3) is 0 Å². The van der Waals surface area contributed by atoms with Crippen molar-refractivity contribution in [1.82, 2.24) is 0 Å². The minimum Gasteiger partial charge on any atom is -0.396 e. The molecular formula is C14H21BrO2. The number of halogens is 1. The van der Waals surface area contributed by atoms with Crippen LogP contribution in [0, 0.1) is 0 Å². The van der Waals surface area contributed by atoms with Crippen LogP contribution in [0.1, 0.15) is 38.2 Å². The Balaban J connectivity index is 2.70. The van der Waals surface area contributed by atoms with Gasteiger partial charge in [-0.05, 0) is 38.3 Å². The van der Waals surface area contributed by atoms with Gasteiger partial charge in [-0.1, -0.05) is 34.1 Å². The molecule has 1 atom stereocenters. The average Bonchev–Trinajstić information content (AvgIpc) is 2.32. The average molecular weight is 301 g/mol. The minimum absolute atomic E-state index is 0.130. The Hall–Kier alpha value is -0.380. The van der Waals surface area contributed by atoms with Crippen molar-refractivity contribution < 1.29 is 9.84 Å². The van der Waals surface area contributed by atoms with Gasteiger partial charge in [-0.3, -0.25) is 0 Å². The van der Waals surface area contributed by atoms with E-state index in [1.165, 1.54) is 5.56 Å². The van der Waals surface area contributed by atoms with Gasteiger partial charge in [-0.15, -0.1) is 0 Å². The molecule has 1 aromatic carbocycles. The highest BCUT2D eigenvalue weighted by Gasteiger charge is 2.20. The van der Waals surface area contributed by atoms with Gasteiger partial charge in [0, 0.05) is 24.1 Å². The number of methoxy groups -OCH3 is 1. The fraction of sp³-hybridized carbons (Fsp3) is 0.571. The first-order valence-corrected chi connectivity index (χ1v) is 6.70. The Kier molecular flexibility index (Phi) is 5.63. The van der Waals surface area contributed by atoms with Crippen LogP contribution in [-0.4, -0.2) is 24.4 Å². The molecule has 1 unspecified atom stereocenters. The molecule has 96 valence electrons. The van der Waals surface area contributed by atoms with Crippen molar-refractivity contribution in [3.63, 3.8) is 0 Å². The second kappa shape index (κ2) is 6.53. The zero-order valence-electron chi connectivity index (χ0n) is 10.7. The molecule has 0 heterocycles. The molecule has 0 spiro atoms. The van der Waals surface area contributed by atoms with E-state index in [-0.39, 0.29) is 18.1 Å². The summed E-state index contributed by atoms with van der Waals surface area (Å²) in [6, 6.07) is 8.07. The van der Waals surface area contributed by atoms with E-state index in [0.717, 1.165) is 17.3 Å². The standard InChI is InChI=1S/C14H21BrO2/c1-14(2,17-3)9-8-11(10-16)12-6-4-5-7-13(12)15/h4-7,11,16H,8-10H2,1-3H3. The Labute approximate surface area is 112 Å². The molecule has 0 aromatic heterocycles. The fourth-order valence-corrected chi connectivity index (χ4v) is 2.38. The van der Waals surface area contributed by atoms with E-state index in [1.807, 2.05) is 18.2 Å². The van der Waals surface area contributed by atoms with Gasteiger partial charge in [0.2, 0.25) is 0 Å². The zero-order valence-corrected chi connectivity index (χ0v) is 12.3. The Morgan fingerprint density at radius 3 is 2.53 bits per heavy atom. The number of benzene rings is 1. The molecule has 0 radical (unpaired) electrons. The summed E-state index contributed by atoms with van der Waals surface area (Å²) in [5.41, 5.74) is 1.04. The van der Waals surface area contributed by atoms with Crippen molar-refractivity contribution in [2.75, 3.05) is 13.7 Å². The lowest BCUT2D eigenvalue weighted by Crippen LogP contribution is -2.23. The SMILES string of the molecule is COC(C)(C)CCC(CO)c1ccccc1Br. The van der Waals surface area contributed by atoms with Gasteiger partial charge in [0.05, 0.1) is 5.60 Å². The molecule has 0 saturated heterocycles. The van der Waals surface area contributed by atoms with E-state index in [4.69, 9.17) is 4.74 Å². The van der Waals surface area contributed by atoms with Crippen LogP contribution < -0.4 is 0 Å². The van der Waals surface area contributed by atoms with Gasteiger partial charge < -0.3 is 9.84 Å². The lowest BCUT2D eigenvalue weighted by molar-refractivity contribution is 0.0111. The molecule has 2 nitrogen and oxygen atoms in total. The number of aliphatic hydroxyl groups is 1. The van der Waals surface area contributed by atoms with Crippen LogP contribution in [0.5, 0.6) is 0 Å². The molecule has 0 bridgehead atoms. The first-order valence-electron chi connectivity index (χ1n) is 5.90. The maximum Gasteiger partial charge on any atom is 0.0623 e. The highest BCUT2D eigenvalue weighted by Crippen LogP contribution is 2.30. The van der Waals surface area contributed by atoms with E-state index in [2.05, 4.69) is 35.8 Å².